The van der Waals surface area contributed by atoms with E-state index >= 15 is 0 Å². The molecule has 0 radical (unpaired) electrons. The van der Waals surface area contributed by atoms with Gasteiger partial charge in [-0.1, -0.05) is 18.2 Å². The Labute approximate surface area is 109 Å². The number of amides is 1. The molecule has 0 aliphatic carbocycles. The van der Waals surface area contributed by atoms with Gasteiger partial charge in [-0.2, -0.15) is 0 Å². The summed E-state index contributed by atoms with van der Waals surface area (Å²) in [6.45, 7) is 8.92. The van der Waals surface area contributed by atoms with Crippen molar-refractivity contribution < 1.29 is 4.79 Å². The topological polar surface area (TPSA) is 32.3 Å². The number of nitrogens with one attached hydrogen (secondary N) is 1. The number of benzene rings is 1. The number of nitrogens with zero attached hydrogens (tertiary/aromatic N) is 1. The zero-order valence-corrected chi connectivity index (χ0v) is 11.5. The molecule has 3 heteroatoms. The Morgan fingerprint density at radius 1 is 1.39 bits per heavy atom. The van der Waals surface area contributed by atoms with Gasteiger partial charge in [0.05, 0.1) is 6.42 Å². The van der Waals surface area contributed by atoms with Gasteiger partial charge in [-0.3, -0.25) is 4.79 Å². The predicted molar refractivity (Wildman–Crippen MR) is 73.7 cm³/mol. The van der Waals surface area contributed by atoms with Gasteiger partial charge in [0, 0.05) is 25.7 Å². The van der Waals surface area contributed by atoms with Crippen LogP contribution in [0.5, 0.6) is 0 Å². The highest BCUT2D eigenvalue weighted by molar-refractivity contribution is 5.79. The molecule has 1 aliphatic rings. The van der Waals surface area contributed by atoms with E-state index in [4.69, 9.17) is 0 Å². The van der Waals surface area contributed by atoms with Gasteiger partial charge in [0.25, 0.3) is 0 Å². The molecule has 0 spiro atoms. The molecule has 0 unspecified atom stereocenters. The smallest absolute Gasteiger partial charge is 0.227 e. The molecule has 1 aromatic rings. The van der Waals surface area contributed by atoms with Crippen molar-refractivity contribution in [3.8, 4) is 0 Å². The highest BCUT2D eigenvalue weighted by atomic mass is 16.2. The van der Waals surface area contributed by atoms with E-state index in [9.17, 15) is 4.79 Å². The van der Waals surface area contributed by atoms with Crippen molar-refractivity contribution in [2.24, 2.45) is 0 Å². The van der Waals surface area contributed by atoms with Crippen LogP contribution in [0.2, 0.25) is 0 Å². The fourth-order valence-corrected chi connectivity index (χ4v) is 2.40. The largest absolute Gasteiger partial charge is 0.337 e. The summed E-state index contributed by atoms with van der Waals surface area (Å²) in [6.07, 6.45) is 0.519. The molecule has 0 bridgehead atoms. The van der Waals surface area contributed by atoms with Crippen LogP contribution in [0.1, 0.15) is 23.6 Å². The summed E-state index contributed by atoms with van der Waals surface area (Å²) in [5.74, 6) is 0.243. The standard InChI is InChI=1S/C15H22N2O/c1-11-4-5-14(8-12(11)2)9-15(18)17-7-6-16-10-13(17)3/h4-5,8,13,16H,6-7,9-10H2,1-3H3/t13-/m1/s1. The summed E-state index contributed by atoms with van der Waals surface area (Å²) < 4.78 is 0. The number of hydrogen-bond donors (Lipinski definition) is 1. The molecule has 1 N–H and O–H groups in total. The Morgan fingerprint density at radius 3 is 2.83 bits per heavy atom. The molecule has 1 saturated heterocycles. The van der Waals surface area contributed by atoms with Crippen molar-refractivity contribution in [3.63, 3.8) is 0 Å². The van der Waals surface area contributed by atoms with E-state index in [1.165, 1.54) is 11.1 Å². The van der Waals surface area contributed by atoms with Crippen molar-refractivity contribution in [2.75, 3.05) is 19.6 Å². The van der Waals surface area contributed by atoms with Crippen molar-refractivity contribution in [3.05, 3.63) is 34.9 Å². The third-order valence-corrected chi connectivity index (χ3v) is 3.75. The average molecular weight is 246 g/mol. The number of rotatable bonds is 2. The normalized spacial score (nSPS) is 19.9. The maximum atomic E-state index is 12.3. The van der Waals surface area contributed by atoms with Crippen LogP contribution >= 0.6 is 0 Å². The number of hydrogen-bond acceptors (Lipinski definition) is 2. The third-order valence-electron chi connectivity index (χ3n) is 3.75. The Balaban J connectivity index is 2.04. The monoisotopic (exact) mass is 246 g/mol. The number of carbonyl (C=O) groups excluding carboxylic acids is 1. The van der Waals surface area contributed by atoms with Crippen LogP contribution in [0.3, 0.4) is 0 Å². The number of piperazine rings is 1. The van der Waals surface area contributed by atoms with Crippen molar-refractivity contribution in [1.82, 2.24) is 10.2 Å². The van der Waals surface area contributed by atoms with Gasteiger partial charge in [0.2, 0.25) is 5.91 Å². The minimum atomic E-state index is 0.243. The van der Waals surface area contributed by atoms with E-state index in [1.807, 2.05) is 4.90 Å². The molecular formula is C15H22N2O. The van der Waals surface area contributed by atoms with Gasteiger partial charge in [0.1, 0.15) is 0 Å². The number of aryl methyl sites for hydroxylation is 2. The molecule has 98 valence electrons. The van der Waals surface area contributed by atoms with Crippen molar-refractivity contribution in [1.29, 1.82) is 0 Å². The van der Waals surface area contributed by atoms with E-state index in [2.05, 4.69) is 44.3 Å². The molecule has 1 atom stereocenters. The first-order chi connectivity index (χ1) is 8.58. The van der Waals surface area contributed by atoms with Crippen LogP contribution < -0.4 is 5.32 Å². The second-order valence-corrected chi connectivity index (χ2v) is 5.24. The summed E-state index contributed by atoms with van der Waals surface area (Å²) in [7, 11) is 0. The zero-order valence-electron chi connectivity index (χ0n) is 11.5. The first-order valence-electron chi connectivity index (χ1n) is 6.64. The molecule has 1 aliphatic heterocycles. The lowest BCUT2D eigenvalue weighted by atomic mass is 10.0. The van der Waals surface area contributed by atoms with Gasteiger partial charge in [0.15, 0.2) is 0 Å². The molecule has 1 aromatic carbocycles. The minimum Gasteiger partial charge on any atom is -0.337 e. The summed E-state index contributed by atoms with van der Waals surface area (Å²) >= 11 is 0. The van der Waals surface area contributed by atoms with Gasteiger partial charge >= 0.3 is 0 Å². The highest BCUT2D eigenvalue weighted by Gasteiger charge is 2.22. The van der Waals surface area contributed by atoms with Crippen LogP contribution in [0.4, 0.5) is 0 Å². The molecule has 0 aromatic heterocycles. The zero-order chi connectivity index (χ0) is 13.1. The fraction of sp³-hybridized carbons (Fsp3) is 0.533. The van der Waals surface area contributed by atoms with Gasteiger partial charge in [-0.25, -0.2) is 0 Å². The van der Waals surface area contributed by atoms with Gasteiger partial charge in [-0.05, 0) is 37.5 Å². The minimum absolute atomic E-state index is 0.243. The van der Waals surface area contributed by atoms with Crippen LogP contribution in [-0.4, -0.2) is 36.5 Å². The first-order valence-corrected chi connectivity index (χ1v) is 6.64. The highest BCUT2D eigenvalue weighted by Crippen LogP contribution is 2.12. The molecular weight excluding hydrogens is 224 g/mol. The molecule has 0 saturated carbocycles. The Hall–Kier alpha value is -1.35. The van der Waals surface area contributed by atoms with Crippen LogP contribution in [0, 0.1) is 13.8 Å². The molecule has 3 nitrogen and oxygen atoms in total. The van der Waals surface area contributed by atoms with E-state index in [0.29, 0.717) is 12.5 Å². The maximum absolute atomic E-state index is 12.3. The first kappa shape index (κ1) is 13.1. The SMILES string of the molecule is Cc1ccc(CC(=O)N2CCNC[C@H]2C)cc1C. The molecule has 2 rings (SSSR count). The van der Waals surface area contributed by atoms with Crippen LogP contribution in [0.15, 0.2) is 18.2 Å². The molecule has 1 fully saturated rings. The van der Waals surface area contributed by atoms with Crippen molar-refractivity contribution >= 4 is 5.91 Å². The van der Waals surface area contributed by atoms with Crippen LogP contribution in [0.25, 0.3) is 0 Å². The van der Waals surface area contributed by atoms with E-state index in [-0.39, 0.29) is 5.91 Å². The summed E-state index contributed by atoms with van der Waals surface area (Å²) in [6, 6.07) is 6.59. The van der Waals surface area contributed by atoms with E-state index < -0.39 is 0 Å². The lowest BCUT2D eigenvalue weighted by Crippen LogP contribution is -2.52. The number of carbonyl (C=O) groups is 1. The third kappa shape index (κ3) is 2.91. The van der Waals surface area contributed by atoms with Gasteiger partial charge < -0.3 is 10.2 Å². The Bertz CT molecular complexity index is 442. The summed E-state index contributed by atoms with van der Waals surface area (Å²) in [5.41, 5.74) is 3.66. The van der Waals surface area contributed by atoms with Crippen LogP contribution in [-0.2, 0) is 11.2 Å². The Morgan fingerprint density at radius 2 is 2.17 bits per heavy atom. The lowest BCUT2D eigenvalue weighted by Gasteiger charge is -2.34. The summed E-state index contributed by atoms with van der Waals surface area (Å²) in [4.78, 5) is 14.3. The van der Waals surface area contributed by atoms with E-state index in [0.717, 1.165) is 25.2 Å². The average Bonchev–Trinajstić information content (AvgIpc) is 2.34. The lowest BCUT2D eigenvalue weighted by molar-refractivity contribution is -0.133. The van der Waals surface area contributed by atoms with Gasteiger partial charge in [-0.15, -0.1) is 0 Å². The predicted octanol–water partition coefficient (Wildman–Crippen LogP) is 1.67. The molecule has 18 heavy (non-hydrogen) atoms. The fourth-order valence-electron chi connectivity index (χ4n) is 2.40. The van der Waals surface area contributed by atoms with E-state index in [1.54, 1.807) is 0 Å². The Kier molecular flexibility index (Phi) is 4.02. The molecule has 1 amide bonds. The molecule has 1 heterocycles. The summed E-state index contributed by atoms with van der Waals surface area (Å²) in [5, 5.41) is 3.31. The quantitative estimate of drug-likeness (QED) is 0.861. The second-order valence-electron chi connectivity index (χ2n) is 5.24. The maximum Gasteiger partial charge on any atom is 0.227 e. The second kappa shape index (κ2) is 5.53. The van der Waals surface area contributed by atoms with Crippen molar-refractivity contribution in [2.45, 2.75) is 33.2 Å².